The second-order valence-corrected chi connectivity index (χ2v) is 9.25. The molecule has 2 fully saturated rings. The second kappa shape index (κ2) is 10.8. The van der Waals surface area contributed by atoms with Gasteiger partial charge in [0.15, 0.2) is 0 Å². The first kappa shape index (κ1) is 23.9. The molecule has 0 spiro atoms. The molecule has 178 valence electrons. The van der Waals surface area contributed by atoms with Crippen LogP contribution < -0.4 is 4.74 Å². The molecule has 2 saturated heterocycles. The Morgan fingerprint density at radius 2 is 1.91 bits per heavy atom. The Hall–Kier alpha value is -2.26. The summed E-state index contributed by atoms with van der Waals surface area (Å²) in [5.41, 5.74) is -0.0190. The molecule has 1 amide bonds. The van der Waals surface area contributed by atoms with Crippen LogP contribution in [0.2, 0.25) is 5.02 Å². The molecule has 1 aromatic heterocycles. The number of likely N-dealkylation sites (N-methyl/N-ethyl adjacent to an activating group) is 1. The predicted octanol–water partition coefficient (Wildman–Crippen LogP) is 2.69. The summed E-state index contributed by atoms with van der Waals surface area (Å²) in [6, 6.07) is 10.3. The van der Waals surface area contributed by atoms with E-state index in [0.717, 1.165) is 18.8 Å². The average molecular weight is 477 g/mol. The number of morpholine rings is 1. The summed E-state index contributed by atoms with van der Waals surface area (Å²) in [7, 11) is 2.06. The van der Waals surface area contributed by atoms with Gasteiger partial charge in [-0.3, -0.25) is 14.7 Å². The van der Waals surface area contributed by atoms with Gasteiger partial charge in [0.2, 0.25) is 5.91 Å². The van der Waals surface area contributed by atoms with E-state index < -0.39 is 5.60 Å². The van der Waals surface area contributed by atoms with Crippen LogP contribution in [-0.2, 0) is 16.1 Å². The average Bonchev–Trinajstić information content (AvgIpc) is 2.81. The highest BCUT2D eigenvalue weighted by atomic mass is 35.5. The molecule has 9 heteroatoms. The van der Waals surface area contributed by atoms with Crippen molar-refractivity contribution in [3.8, 4) is 5.75 Å². The quantitative estimate of drug-likeness (QED) is 0.612. The number of pyridine rings is 1. The number of hydrogen-bond donors (Lipinski definition) is 0. The van der Waals surface area contributed by atoms with Crippen molar-refractivity contribution in [1.29, 1.82) is 0 Å². The van der Waals surface area contributed by atoms with E-state index in [-0.39, 0.29) is 24.8 Å². The number of nitrogens with zero attached hydrogens (tertiary/aromatic N) is 4. The standard InChI is InChI=1S/C24H30ClFN4O3/c1-28-8-10-30(11-9-28)23(31)14-24(18-32-22-6-2-19(25)3-7-22)17-29(12-13-33-24)16-21-5-4-20(26)15-27-21/h2-7,15H,8-14,16-18H2,1H3. The van der Waals surface area contributed by atoms with Crippen molar-refractivity contribution in [1.82, 2.24) is 19.7 Å². The number of piperazine rings is 1. The molecule has 0 aliphatic carbocycles. The van der Waals surface area contributed by atoms with Crippen molar-refractivity contribution in [3.63, 3.8) is 0 Å². The summed E-state index contributed by atoms with van der Waals surface area (Å²) in [6.45, 7) is 5.63. The fourth-order valence-corrected chi connectivity index (χ4v) is 4.35. The summed E-state index contributed by atoms with van der Waals surface area (Å²) in [5.74, 6) is 0.389. The lowest BCUT2D eigenvalue weighted by Crippen LogP contribution is -2.58. The molecule has 2 aliphatic rings. The largest absolute Gasteiger partial charge is 0.491 e. The van der Waals surface area contributed by atoms with Crippen LogP contribution in [0.5, 0.6) is 5.75 Å². The summed E-state index contributed by atoms with van der Waals surface area (Å²) in [4.78, 5) is 23.7. The first-order valence-electron chi connectivity index (χ1n) is 11.2. The number of benzene rings is 1. The summed E-state index contributed by atoms with van der Waals surface area (Å²) < 4.78 is 25.6. The topological polar surface area (TPSA) is 58.1 Å². The lowest BCUT2D eigenvalue weighted by molar-refractivity contribution is -0.158. The highest BCUT2D eigenvalue weighted by Gasteiger charge is 2.41. The van der Waals surface area contributed by atoms with E-state index in [1.54, 1.807) is 30.3 Å². The molecule has 2 aliphatic heterocycles. The van der Waals surface area contributed by atoms with Crippen LogP contribution in [-0.4, -0.2) is 90.7 Å². The van der Waals surface area contributed by atoms with Gasteiger partial charge in [0.1, 0.15) is 23.8 Å². The number of amides is 1. The van der Waals surface area contributed by atoms with Crippen LogP contribution in [0, 0.1) is 5.82 Å². The Balaban J connectivity index is 1.47. The van der Waals surface area contributed by atoms with Crippen molar-refractivity contribution in [2.45, 2.75) is 18.6 Å². The number of halogens is 2. The third-order valence-electron chi connectivity index (χ3n) is 6.15. The van der Waals surface area contributed by atoms with Gasteiger partial charge in [-0.1, -0.05) is 11.6 Å². The van der Waals surface area contributed by atoms with Gasteiger partial charge in [-0.2, -0.15) is 0 Å². The Morgan fingerprint density at radius 1 is 1.15 bits per heavy atom. The van der Waals surface area contributed by atoms with Crippen LogP contribution in [0.25, 0.3) is 0 Å². The molecule has 2 aromatic rings. The van der Waals surface area contributed by atoms with E-state index >= 15 is 0 Å². The molecule has 0 radical (unpaired) electrons. The minimum absolute atomic E-state index is 0.0737. The van der Waals surface area contributed by atoms with Gasteiger partial charge in [-0.05, 0) is 43.4 Å². The van der Waals surface area contributed by atoms with E-state index in [0.29, 0.717) is 50.1 Å². The number of aromatic nitrogens is 1. The molecular weight excluding hydrogens is 447 g/mol. The Bertz CT molecular complexity index is 922. The van der Waals surface area contributed by atoms with E-state index in [9.17, 15) is 9.18 Å². The molecular formula is C24H30ClFN4O3. The molecule has 0 saturated carbocycles. The van der Waals surface area contributed by atoms with Gasteiger partial charge in [-0.25, -0.2) is 4.39 Å². The van der Waals surface area contributed by atoms with E-state index in [1.165, 1.54) is 12.3 Å². The Morgan fingerprint density at radius 3 is 2.61 bits per heavy atom. The molecule has 1 aromatic carbocycles. The summed E-state index contributed by atoms with van der Waals surface area (Å²) >= 11 is 5.99. The molecule has 3 heterocycles. The highest BCUT2D eigenvalue weighted by molar-refractivity contribution is 6.30. The molecule has 33 heavy (non-hydrogen) atoms. The molecule has 0 N–H and O–H groups in total. The number of rotatable bonds is 7. The van der Waals surface area contributed by atoms with Gasteiger partial charge in [0, 0.05) is 50.8 Å². The fourth-order valence-electron chi connectivity index (χ4n) is 4.22. The minimum atomic E-state index is -0.793. The normalized spacial score (nSPS) is 22.3. The van der Waals surface area contributed by atoms with Gasteiger partial charge in [0.05, 0.1) is 24.9 Å². The maximum Gasteiger partial charge on any atom is 0.225 e. The predicted molar refractivity (Wildman–Crippen MR) is 124 cm³/mol. The van der Waals surface area contributed by atoms with Crippen LogP contribution in [0.1, 0.15) is 12.1 Å². The number of hydrogen-bond acceptors (Lipinski definition) is 6. The fraction of sp³-hybridized carbons (Fsp3) is 0.500. The van der Waals surface area contributed by atoms with Crippen molar-refractivity contribution in [3.05, 3.63) is 59.1 Å². The second-order valence-electron chi connectivity index (χ2n) is 8.81. The van der Waals surface area contributed by atoms with Gasteiger partial charge >= 0.3 is 0 Å². The zero-order chi connectivity index (χ0) is 23.3. The maximum atomic E-state index is 13.3. The number of carbonyl (C=O) groups excluding carboxylic acids is 1. The molecule has 4 rings (SSSR count). The number of carbonyl (C=O) groups is 1. The zero-order valence-corrected chi connectivity index (χ0v) is 19.6. The van der Waals surface area contributed by atoms with E-state index in [2.05, 4.69) is 21.8 Å². The van der Waals surface area contributed by atoms with Gasteiger partial charge < -0.3 is 19.3 Å². The third kappa shape index (κ3) is 6.63. The van der Waals surface area contributed by atoms with Gasteiger partial charge in [-0.15, -0.1) is 0 Å². The van der Waals surface area contributed by atoms with Crippen molar-refractivity contribution in [2.75, 3.05) is 59.5 Å². The van der Waals surface area contributed by atoms with Crippen molar-refractivity contribution >= 4 is 17.5 Å². The lowest BCUT2D eigenvalue weighted by atomic mass is 9.96. The summed E-state index contributed by atoms with van der Waals surface area (Å²) in [5, 5.41) is 0.634. The van der Waals surface area contributed by atoms with Crippen LogP contribution in [0.15, 0.2) is 42.6 Å². The first-order valence-corrected chi connectivity index (χ1v) is 11.6. The Kier molecular flexibility index (Phi) is 7.80. The number of ether oxygens (including phenoxy) is 2. The van der Waals surface area contributed by atoms with Crippen LogP contribution in [0.3, 0.4) is 0 Å². The van der Waals surface area contributed by atoms with Crippen molar-refractivity contribution in [2.24, 2.45) is 0 Å². The van der Waals surface area contributed by atoms with Gasteiger partial charge in [0.25, 0.3) is 0 Å². The molecule has 1 unspecified atom stereocenters. The molecule has 1 atom stereocenters. The molecule has 7 nitrogen and oxygen atoms in total. The highest BCUT2D eigenvalue weighted by Crippen LogP contribution is 2.27. The lowest BCUT2D eigenvalue weighted by Gasteiger charge is -2.43. The maximum absolute atomic E-state index is 13.3. The monoisotopic (exact) mass is 476 g/mol. The SMILES string of the molecule is CN1CCN(C(=O)CC2(COc3ccc(Cl)cc3)CN(Cc3ccc(F)cn3)CCO2)CC1. The Labute approximate surface area is 199 Å². The third-order valence-corrected chi connectivity index (χ3v) is 6.40. The van der Waals surface area contributed by atoms with Crippen LogP contribution >= 0.6 is 11.6 Å². The van der Waals surface area contributed by atoms with Crippen molar-refractivity contribution < 1.29 is 18.7 Å². The van der Waals surface area contributed by atoms with Crippen LogP contribution in [0.4, 0.5) is 4.39 Å². The molecule has 0 bridgehead atoms. The van der Waals surface area contributed by atoms with E-state index in [4.69, 9.17) is 21.1 Å². The zero-order valence-electron chi connectivity index (χ0n) is 18.9. The minimum Gasteiger partial charge on any atom is -0.491 e. The summed E-state index contributed by atoms with van der Waals surface area (Å²) in [6.07, 6.45) is 1.46. The smallest absolute Gasteiger partial charge is 0.225 e. The first-order chi connectivity index (χ1) is 15.9. The van der Waals surface area contributed by atoms with E-state index in [1.807, 2.05) is 4.90 Å².